The summed E-state index contributed by atoms with van der Waals surface area (Å²) in [6.07, 6.45) is 5.50. The van der Waals surface area contributed by atoms with E-state index in [4.69, 9.17) is 11.6 Å². The molecule has 1 aromatic carbocycles. The minimum absolute atomic E-state index is 0.159. The smallest absolute Gasteiger partial charge is 0.244 e. The molecule has 1 aliphatic heterocycles. The van der Waals surface area contributed by atoms with Gasteiger partial charge < -0.3 is 0 Å². The van der Waals surface area contributed by atoms with Gasteiger partial charge in [-0.05, 0) is 27.6 Å². The predicted octanol–water partition coefficient (Wildman–Crippen LogP) is 3.52. The van der Waals surface area contributed by atoms with Crippen LogP contribution in [0.15, 0.2) is 58.0 Å². The molecule has 8 heteroatoms. The number of piperazine rings is 1. The quantitative estimate of drug-likeness (QED) is 0.646. The number of halogens is 2. The number of hydrogen-bond acceptors (Lipinski definition) is 4. The summed E-state index contributed by atoms with van der Waals surface area (Å²) in [5.74, 6) is 0. The van der Waals surface area contributed by atoms with Crippen molar-refractivity contribution in [2.24, 2.45) is 0 Å². The molecule has 2 aromatic rings. The van der Waals surface area contributed by atoms with Gasteiger partial charge in [-0.1, -0.05) is 54.1 Å². The number of sulfonamides is 1. The lowest BCUT2D eigenvalue weighted by Crippen LogP contribution is -2.48. The van der Waals surface area contributed by atoms with E-state index < -0.39 is 10.0 Å². The van der Waals surface area contributed by atoms with E-state index >= 15 is 0 Å². The fourth-order valence-electron chi connectivity index (χ4n) is 2.75. The highest BCUT2D eigenvalue weighted by atomic mass is 79.9. The van der Waals surface area contributed by atoms with Gasteiger partial charge in [0.15, 0.2) is 0 Å². The maximum absolute atomic E-state index is 12.7. The SMILES string of the molecule is O=S(=O)(c1cnc(Cl)c(Br)c1)N1CCN(CC=Cc2ccccc2)CC1. The van der Waals surface area contributed by atoms with Crippen molar-refractivity contribution in [1.82, 2.24) is 14.2 Å². The van der Waals surface area contributed by atoms with Gasteiger partial charge in [0, 0.05) is 38.9 Å². The molecule has 138 valence electrons. The monoisotopic (exact) mass is 455 g/mol. The van der Waals surface area contributed by atoms with E-state index in [1.54, 1.807) is 0 Å². The molecule has 1 fully saturated rings. The Kier molecular flexibility index (Phi) is 6.47. The number of rotatable bonds is 5. The average Bonchev–Trinajstić information content (AvgIpc) is 2.65. The van der Waals surface area contributed by atoms with Gasteiger partial charge in [-0.3, -0.25) is 4.90 Å². The summed E-state index contributed by atoms with van der Waals surface area (Å²) in [6.45, 7) is 3.11. The summed E-state index contributed by atoms with van der Waals surface area (Å²) in [5, 5.41) is 0.249. The molecule has 0 amide bonds. The molecule has 0 radical (unpaired) electrons. The Balaban J connectivity index is 1.57. The van der Waals surface area contributed by atoms with Crippen molar-refractivity contribution in [3.63, 3.8) is 0 Å². The Bertz CT molecular complexity index is 883. The first-order chi connectivity index (χ1) is 12.5. The first-order valence-corrected chi connectivity index (χ1v) is 10.8. The van der Waals surface area contributed by atoms with Crippen LogP contribution >= 0.6 is 27.5 Å². The molecule has 5 nitrogen and oxygen atoms in total. The lowest BCUT2D eigenvalue weighted by atomic mass is 10.2. The molecule has 0 atom stereocenters. The molecule has 1 saturated heterocycles. The molecule has 1 aromatic heterocycles. The summed E-state index contributed by atoms with van der Waals surface area (Å²) < 4.78 is 27.5. The van der Waals surface area contributed by atoms with Crippen LogP contribution in [-0.4, -0.2) is 55.3 Å². The highest BCUT2D eigenvalue weighted by Gasteiger charge is 2.28. The second-order valence-corrected chi connectivity index (χ2v) is 9.11. The lowest BCUT2D eigenvalue weighted by Gasteiger charge is -2.33. The molecule has 0 N–H and O–H groups in total. The first kappa shape index (κ1) is 19.5. The van der Waals surface area contributed by atoms with Gasteiger partial charge in [0.05, 0.1) is 4.47 Å². The van der Waals surface area contributed by atoms with Crippen molar-refractivity contribution in [2.75, 3.05) is 32.7 Å². The van der Waals surface area contributed by atoms with E-state index in [-0.39, 0.29) is 10.0 Å². The largest absolute Gasteiger partial charge is 0.297 e. The molecule has 0 saturated carbocycles. The normalized spacial score (nSPS) is 17.0. The molecular weight excluding hydrogens is 438 g/mol. The Labute approximate surface area is 167 Å². The zero-order valence-electron chi connectivity index (χ0n) is 14.1. The van der Waals surface area contributed by atoms with Crippen molar-refractivity contribution < 1.29 is 8.42 Å². The summed E-state index contributed by atoms with van der Waals surface area (Å²) >= 11 is 9.08. The molecule has 1 aliphatic rings. The maximum atomic E-state index is 12.7. The third kappa shape index (κ3) is 4.72. The van der Waals surface area contributed by atoms with E-state index in [0.29, 0.717) is 30.7 Å². The second kappa shape index (κ2) is 8.63. The molecule has 3 rings (SSSR count). The molecule has 0 aliphatic carbocycles. The highest BCUT2D eigenvalue weighted by Crippen LogP contribution is 2.25. The molecule has 0 spiro atoms. The molecule has 2 heterocycles. The van der Waals surface area contributed by atoms with Crippen molar-refractivity contribution in [1.29, 1.82) is 0 Å². The van der Waals surface area contributed by atoms with E-state index in [9.17, 15) is 8.42 Å². The predicted molar refractivity (Wildman–Crippen MR) is 108 cm³/mol. The number of hydrogen-bond donors (Lipinski definition) is 0. The highest BCUT2D eigenvalue weighted by molar-refractivity contribution is 9.10. The van der Waals surface area contributed by atoms with Gasteiger partial charge in [-0.2, -0.15) is 4.31 Å². The number of benzene rings is 1. The van der Waals surface area contributed by atoms with E-state index in [0.717, 1.165) is 12.1 Å². The van der Waals surface area contributed by atoms with Crippen LogP contribution < -0.4 is 0 Å². The number of nitrogens with zero attached hydrogens (tertiary/aromatic N) is 3. The third-order valence-corrected chi connectivity index (χ3v) is 7.21. The third-order valence-electron chi connectivity index (χ3n) is 4.21. The van der Waals surface area contributed by atoms with E-state index in [1.165, 1.54) is 16.6 Å². The molecule has 26 heavy (non-hydrogen) atoms. The second-order valence-electron chi connectivity index (χ2n) is 5.96. The standard InChI is InChI=1S/C18H19BrClN3O2S/c19-17-13-16(14-21-18(17)20)26(24,25)23-11-9-22(10-12-23)8-4-7-15-5-2-1-3-6-15/h1-7,13-14H,8-12H2. The van der Waals surface area contributed by atoms with Crippen LogP contribution in [0.5, 0.6) is 0 Å². The summed E-state index contributed by atoms with van der Waals surface area (Å²) in [5.41, 5.74) is 1.16. The minimum Gasteiger partial charge on any atom is -0.297 e. The van der Waals surface area contributed by atoms with Crippen LogP contribution in [0, 0.1) is 0 Å². The fourth-order valence-corrected chi connectivity index (χ4v) is 4.75. The lowest BCUT2D eigenvalue weighted by molar-refractivity contribution is 0.204. The zero-order chi connectivity index (χ0) is 18.6. The average molecular weight is 457 g/mol. The fraction of sp³-hybridized carbons (Fsp3) is 0.278. The van der Waals surface area contributed by atoms with E-state index in [2.05, 4.69) is 50.1 Å². The Morgan fingerprint density at radius 2 is 1.85 bits per heavy atom. The van der Waals surface area contributed by atoms with Crippen LogP contribution in [0.25, 0.3) is 6.08 Å². The van der Waals surface area contributed by atoms with Crippen LogP contribution in [-0.2, 0) is 10.0 Å². The summed E-state index contributed by atoms with van der Waals surface area (Å²) in [6, 6.07) is 11.6. The Morgan fingerprint density at radius 3 is 2.50 bits per heavy atom. The summed E-state index contributed by atoms with van der Waals surface area (Å²) in [7, 11) is -3.55. The Morgan fingerprint density at radius 1 is 1.15 bits per heavy atom. The van der Waals surface area contributed by atoms with Gasteiger partial charge in [0.2, 0.25) is 10.0 Å². The zero-order valence-corrected chi connectivity index (χ0v) is 17.2. The van der Waals surface area contributed by atoms with Crippen molar-refractivity contribution in [3.05, 3.63) is 63.9 Å². The van der Waals surface area contributed by atoms with Gasteiger partial charge in [-0.25, -0.2) is 13.4 Å². The first-order valence-electron chi connectivity index (χ1n) is 8.22. The van der Waals surface area contributed by atoms with Crippen molar-refractivity contribution >= 4 is 43.6 Å². The topological polar surface area (TPSA) is 53.5 Å². The van der Waals surface area contributed by atoms with Gasteiger partial charge in [-0.15, -0.1) is 0 Å². The number of aromatic nitrogens is 1. The van der Waals surface area contributed by atoms with Gasteiger partial charge >= 0.3 is 0 Å². The molecular formula is C18H19BrClN3O2S. The summed E-state index contributed by atoms with van der Waals surface area (Å²) in [4.78, 5) is 6.31. The van der Waals surface area contributed by atoms with Crippen LogP contribution in [0.3, 0.4) is 0 Å². The van der Waals surface area contributed by atoms with Crippen LogP contribution in [0.1, 0.15) is 5.56 Å². The van der Waals surface area contributed by atoms with Crippen LogP contribution in [0.2, 0.25) is 5.15 Å². The Hall–Kier alpha value is -1.25. The minimum atomic E-state index is -3.55. The molecule has 0 bridgehead atoms. The maximum Gasteiger partial charge on any atom is 0.244 e. The van der Waals surface area contributed by atoms with Crippen LogP contribution in [0.4, 0.5) is 0 Å². The van der Waals surface area contributed by atoms with Crippen molar-refractivity contribution in [2.45, 2.75) is 4.90 Å². The van der Waals surface area contributed by atoms with E-state index in [1.807, 2.05) is 18.2 Å². The molecule has 0 unspecified atom stereocenters. The van der Waals surface area contributed by atoms with Gasteiger partial charge in [0.1, 0.15) is 10.0 Å². The van der Waals surface area contributed by atoms with Gasteiger partial charge in [0.25, 0.3) is 0 Å². The van der Waals surface area contributed by atoms with Crippen molar-refractivity contribution in [3.8, 4) is 0 Å². The number of pyridine rings is 1.